The van der Waals surface area contributed by atoms with Gasteiger partial charge in [-0.25, -0.2) is 4.79 Å². The van der Waals surface area contributed by atoms with Crippen LogP contribution in [0.3, 0.4) is 0 Å². The smallest absolute Gasteiger partial charge is 0.338 e. The molecule has 0 aliphatic heterocycles. The van der Waals surface area contributed by atoms with E-state index in [9.17, 15) is 14.4 Å². The van der Waals surface area contributed by atoms with E-state index >= 15 is 0 Å². The van der Waals surface area contributed by atoms with Crippen molar-refractivity contribution in [3.05, 3.63) is 34.9 Å². The summed E-state index contributed by atoms with van der Waals surface area (Å²) < 4.78 is 9.84. The van der Waals surface area contributed by atoms with E-state index in [0.29, 0.717) is 16.7 Å². The molecule has 0 unspecified atom stereocenters. The Bertz CT molecular complexity index is 550. The highest BCUT2D eigenvalue weighted by Gasteiger charge is 2.18. The van der Waals surface area contributed by atoms with Gasteiger partial charge in [-0.1, -0.05) is 12.1 Å². The number of benzene rings is 1. The quantitative estimate of drug-likeness (QED) is 0.739. The molecule has 0 aliphatic carbocycles. The highest BCUT2D eigenvalue weighted by molar-refractivity contribution is 5.92. The van der Waals surface area contributed by atoms with Crippen LogP contribution in [0.25, 0.3) is 0 Å². The second-order valence-corrected chi connectivity index (χ2v) is 4.54. The fourth-order valence-corrected chi connectivity index (χ4v) is 2.12. The van der Waals surface area contributed by atoms with Crippen molar-refractivity contribution in [3.63, 3.8) is 0 Å². The molecule has 0 spiro atoms. The second kappa shape index (κ2) is 8.81. The van der Waals surface area contributed by atoms with E-state index in [1.165, 1.54) is 0 Å². The molecule has 1 N–H and O–H groups in total. The fraction of sp³-hybridized carbons (Fsp3) is 0.438. The molecule has 1 aromatic carbocycles. The molecular formula is C16H20O6. The van der Waals surface area contributed by atoms with Crippen molar-refractivity contribution in [2.75, 3.05) is 13.2 Å². The molecule has 120 valence electrons. The first-order chi connectivity index (χ1) is 10.5. The lowest BCUT2D eigenvalue weighted by Crippen LogP contribution is -2.14. The number of esters is 2. The number of aliphatic carboxylic acids is 1. The maximum absolute atomic E-state index is 12.0. The Morgan fingerprint density at radius 1 is 1.09 bits per heavy atom. The average molecular weight is 308 g/mol. The minimum absolute atomic E-state index is 0.0802. The minimum atomic E-state index is -1.00. The van der Waals surface area contributed by atoms with Gasteiger partial charge in [-0.15, -0.1) is 0 Å². The first-order valence-corrected chi connectivity index (χ1v) is 7.14. The molecule has 0 saturated carbocycles. The molecule has 0 radical (unpaired) electrons. The summed E-state index contributed by atoms with van der Waals surface area (Å²) in [4.78, 5) is 34.5. The zero-order valence-electron chi connectivity index (χ0n) is 12.8. The van der Waals surface area contributed by atoms with Gasteiger partial charge in [0.2, 0.25) is 0 Å². The second-order valence-electron chi connectivity index (χ2n) is 4.54. The molecule has 1 aromatic rings. The van der Waals surface area contributed by atoms with Crippen molar-refractivity contribution < 1.29 is 29.0 Å². The molecule has 0 heterocycles. The highest BCUT2D eigenvalue weighted by atomic mass is 16.5. The van der Waals surface area contributed by atoms with Gasteiger partial charge in [0.1, 0.15) is 0 Å². The fourth-order valence-electron chi connectivity index (χ4n) is 2.12. The monoisotopic (exact) mass is 308 g/mol. The van der Waals surface area contributed by atoms with Crippen molar-refractivity contribution in [1.29, 1.82) is 0 Å². The molecule has 0 saturated heterocycles. The van der Waals surface area contributed by atoms with Crippen LogP contribution in [0.4, 0.5) is 0 Å². The first kappa shape index (κ1) is 17.7. The Balaban J connectivity index is 3.07. The largest absolute Gasteiger partial charge is 0.481 e. The van der Waals surface area contributed by atoms with Crippen molar-refractivity contribution >= 4 is 17.9 Å². The van der Waals surface area contributed by atoms with Crippen LogP contribution in [-0.4, -0.2) is 36.2 Å². The molecular weight excluding hydrogens is 288 g/mol. The average Bonchev–Trinajstić information content (AvgIpc) is 2.45. The van der Waals surface area contributed by atoms with Gasteiger partial charge in [-0.05, 0) is 37.5 Å². The lowest BCUT2D eigenvalue weighted by molar-refractivity contribution is -0.143. The van der Waals surface area contributed by atoms with Gasteiger partial charge in [-0.3, -0.25) is 9.59 Å². The van der Waals surface area contributed by atoms with Gasteiger partial charge >= 0.3 is 17.9 Å². The Morgan fingerprint density at radius 3 is 2.36 bits per heavy atom. The molecule has 6 nitrogen and oxygen atoms in total. The number of ether oxygens (including phenoxy) is 2. The van der Waals surface area contributed by atoms with E-state index < -0.39 is 11.9 Å². The summed E-state index contributed by atoms with van der Waals surface area (Å²) in [5.74, 6) is -1.91. The summed E-state index contributed by atoms with van der Waals surface area (Å²) >= 11 is 0. The van der Waals surface area contributed by atoms with E-state index in [1.54, 1.807) is 32.0 Å². The summed E-state index contributed by atoms with van der Waals surface area (Å²) in [6.07, 6.45) is 0.0959. The number of carbonyl (C=O) groups is 3. The summed E-state index contributed by atoms with van der Waals surface area (Å²) in [5, 5.41) is 8.98. The van der Waals surface area contributed by atoms with E-state index in [4.69, 9.17) is 14.6 Å². The van der Waals surface area contributed by atoms with Gasteiger partial charge in [-0.2, -0.15) is 0 Å². The summed E-state index contributed by atoms with van der Waals surface area (Å²) in [7, 11) is 0. The van der Waals surface area contributed by atoms with Crippen molar-refractivity contribution in [2.45, 2.75) is 33.1 Å². The van der Waals surface area contributed by atoms with Crippen LogP contribution in [0.2, 0.25) is 0 Å². The summed E-state index contributed by atoms with van der Waals surface area (Å²) in [6, 6.07) is 4.82. The predicted octanol–water partition coefficient (Wildman–Crippen LogP) is 1.99. The van der Waals surface area contributed by atoms with Gasteiger partial charge < -0.3 is 14.6 Å². The zero-order chi connectivity index (χ0) is 16.5. The topological polar surface area (TPSA) is 89.9 Å². The molecule has 0 amide bonds. The molecule has 0 bridgehead atoms. The van der Waals surface area contributed by atoms with Gasteiger partial charge in [0.25, 0.3) is 0 Å². The SMILES string of the molecule is CCOC(=O)CCc1c(CC(=O)O)cccc1C(=O)OCC. The van der Waals surface area contributed by atoms with Crippen LogP contribution in [0.15, 0.2) is 18.2 Å². The van der Waals surface area contributed by atoms with Crippen LogP contribution in [-0.2, 0) is 31.9 Å². The number of carboxylic acids is 1. The number of carboxylic acid groups (broad SMARTS) is 1. The summed E-state index contributed by atoms with van der Waals surface area (Å²) in [5.41, 5.74) is 1.32. The normalized spacial score (nSPS) is 10.1. The lowest BCUT2D eigenvalue weighted by Gasteiger charge is -2.13. The van der Waals surface area contributed by atoms with Gasteiger partial charge in [0.05, 0.1) is 25.2 Å². The Labute approximate surface area is 129 Å². The van der Waals surface area contributed by atoms with Crippen molar-refractivity contribution in [3.8, 4) is 0 Å². The minimum Gasteiger partial charge on any atom is -0.481 e. The standard InChI is InChI=1S/C16H20O6/c1-3-21-15(19)9-8-12-11(10-14(17)18)6-5-7-13(12)16(20)22-4-2/h5-7H,3-4,8-10H2,1-2H3,(H,17,18). The molecule has 6 heteroatoms. The first-order valence-electron chi connectivity index (χ1n) is 7.14. The molecule has 0 atom stereocenters. The third-order valence-corrected chi connectivity index (χ3v) is 2.99. The molecule has 0 aliphatic rings. The predicted molar refractivity (Wildman–Crippen MR) is 78.7 cm³/mol. The maximum Gasteiger partial charge on any atom is 0.338 e. The number of carbonyl (C=O) groups excluding carboxylic acids is 2. The van der Waals surface area contributed by atoms with Crippen molar-refractivity contribution in [1.82, 2.24) is 0 Å². The van der Waals surface area contributed by atoms with E-state index in [0.717, 1.165) is 0 Å². The van der Waals surface area contributed by atoms with Crippen molar-refractivity contribution in [2.24, 2.45) is 0 Å². The molecule has 22 heavy (non-hydrogen) atoms. The Kier molecular flexibility index (Phi) is 7.08. The third-order valence-electron chi connectivity index (χ3n) is 2.99. The zero-order valence-corrected chi connectivity index (χ0v) is 12.8. The Morgan fingerprint density at radius 2 is 1.77 bits per heavy atom. The third kappa shape index (κ3) is 5.20. The molecule has 1 rings (SSSR count). The van der Waals surface area contributed by atoms with Crippen LogP contribution in [0.5, 0.6) is 0 Å². The Hall–Kier alpha value is -2.37. The van der Waals surface area contributed by atoms with Crippen LogP contribution < -0.4 is 0 Å². The number of hydrogen-bond donors (Lipinski definition) is 1. The molecule has 0 fully saturated rings. The lowest BCUT2D eigenvalue weighted by atomic mass is 9.95. The van der Waals surface area contributed by atoms with E-state index in [-0.39, 0.29) is 38.4 Å². The van der Waals surface area contributed by atoms with Crippen LogP contribution in [0.1, 0.15) is 41.8 Å². The summed E-state index contributed by atoms with van der Waals surface area (Å²) in [6.45, 7) is 3.90. The van der Waals surface area contributed by atoms with Gasteiger partial charge in [0.15, 0.2) is 0 Å². The van der Waals surface area contributed by atoms with Gasteiger partial charge in [0, 0.05) is 6.42 Å². The number of hydrogen-bond acceptors (Lipinski definition) is 5. The van der Waals surface area contributed by atoms with Crippen LogP contribution in [0, 0.1) is 0 Å². The maximum atomic E-state index is 12.0. The van der Waals surface area contributed by atoms with E-state index in [2.05, 4.69) is 0 Å². The van der Waals surface area contributed by atoms with E-state index in [1.807, 2.05) is 0 Å². The highest BCUT2D eigenvalue weighted by Crippen LogP contribution is 2.19. The van der Waals surface area contributed by atoms with Crippen LogP contribution >= 0.6 is 0 Å². The number of rotatable bonds is 8. The molecule has 0 aromatic heterocycles.